The van der Waals surface area contributed by atoms with Crippen LogP contribution in [0.15, 0.2) is 18.2 Å². The highest BCUT2D eigenvalue weighted by Gasteiger charge is 2.07. The van der Waals surface area contributed by atoms with Crippen molar-refractivity contribution in [1.29, 1.82) is 5.41 Å². The zero-order valence-electron chi connectivity index (χ0n) is 8.06. The van der Waals surface area contributed by atoms with Crippen LogP contribution in [-0.4, -0.2) is 24.8 Å². The molecule has 70 valence electrons. The lowest BCUT2D eigenvalue weighted by Crippen LogP contribution is -2.22. The summed E-state index contributed by atoms with van der Waals surface area (Å²) in [5.74, 6) is 0.0317. The van der Waals surface area contributed by atoms with E-state index in [1.165, 1.54) is 12.1 Å². The van der Waals surface area contributed by atoms with Gasteiger partial charge in [0.25, 0.3) is 0 Å². The molecule has 0 radical (unpaired) electrons. The van der Waals surface area contributed by atoms with Crippen LogP contribution in [0, 0.1) is 18.2 Å². The average molecular weight is 180 g/mol. The maximum atomic E-state index is 12.9. The first-order chi connectivity index (χ1) is 6.02. The highest BCUT2D eigenvalue weighted by Crippen LogP contribution is 2.11. The van der Waals surface area contributed by atoms with E-state index in [2.05, 4.69) is 0 Å². The molecule has 0 fully saturated rings. The molecule has 0 aliphatic rings. The van der Waals surface area contributed by atoms with Crippen LogP contribution in [0.2, 0.25) is 0 Å². The molecule has 1 aromatic rings. The molecular formula is C10H13FN2. The molecule has 0 bridgehead atoms. The molecule has 0 heterocycles. The summed E-state index contributed by atoms with van der Waals surface area (Å²) >= 11 is 0. The molecule has 0 aliphatic heterocycles. The molecule has 0 saturated carbocycles. The fraction of sp³-hybridized carbons (Fsp3) is 0.300. The second-order valence-electron chi connectivity index (χ2n) is 3.20. The van der Waals surface area contributed by atoms with Crippen molar-refractivity contribution in [2.75, 3.05) is 14.1 Å². The summed E-state index contributed by atoms with van der Waals surface area (Å²) in [6, 6.07) is 4.47. The Morgan fingerprint density at radius 3 is 2.54 bits per heavy atom. The van der Waals surface area contributed by atoms with Crippen LogP contribution >= 0.6 is 0 Å². The normalized spacial score (nSPS) is 9.85. The van der Waals surface area contributed by atoms with Crippen LogP contribution < -0.4 is 0 Å². The van der Waals surface area contributed by atoms with Crippen LogP contribution in [0.25, 0.3) is 0 Å². The SMILES string of the molecule is Cc1ccc(F)cc1C(=N)N(C)C. The standard InChI is InChI=1S/C10H13FN2/c1-7-4-5-8(11)6-9(7)10(12)13(2)3/h4-6,12H,1-3H3. The predicted molar refractivity (Wildman–Crippen MR) is 51.7 cm³/mol. The molecule has 0 aliphatic carbocycles. The third-order valence-electron chi connectivity index (χ3n) is 1.90. The van der Waals surface area contributed by atoms with E-state index in [4.69, 9.17) is 5.41 Å². The number of nitrogens with zero attached hydrogens (tertiary/aromatic N) is 1. The van der Waals surface area contributed by atoms with Gasteiger partial charge in [-0.2, -0.15) is 0 Å². The maximum absolute atomic E-state index is 12.9. The third kappa shape index (κ3) is 2.05. The van der Waals surface area contributed by atoms with Gasteiger partial charge in [-0.15, -0.1) is 0 Å². The van der Waals surface area contributed by atoms with E-state index in [0.29, 0.717) is 11.4 Å². The molecule has 3 heteroatoms. The quantitative estimate of drug-likeness (QED) is 0.519. The van der Waals surface area contributed by atoms with Crippen molar-refractivity contribution in [2.45, 2.75) is 6.92 Å². The largest absolute Gasteiger partial charge is 0.363 e. The number of aryl methyl sites for hydroxylation is 1. The minimum atomic E-state index is -0.299. The van der Waals surface area contributed by atoms with Gasteiger partial charge in [-0.25, -0.2) is 4.39 Å². The molecule has 0 unspecified atom stereocenters. The first kappa shape index (κ1) is 9.71. The molecule has 13 heavy (non-hydrogen) atoms. The van der Waals surface area contributed by atoms with Crippen molar-refractivity contribution in [3.63, 3.8) is 0 Å². The minimum Gasteiger partial charge on any atom is -0.363 e. The van der Waals surface area contributed by atoms with E-state index in [-0.39, 0.29) is 5.82 Å². The van der Waals surface area contributed by atoms with Crippen molar-refractivity contribution >= 4 is 5.84 Å². The number of amidine groups is 1. The Hall–Kier alpha value is -1.38. The number of hydrogen-bond donors (Lipinski definition) is 1. The van der Waals surface area contributed by atoms with Crippen molar-refractivity contribution < 1.29 is 4.39 Å². The monoisotopic (exact) mass is 180 g/mol. The summed E-state index contributed by atoms with van der Waals surface area (Å²) < 4.78 is 12.9. The maximum Gasteiger partial charge on any atom is 0.127 e. The number of rotatable bonds is 1. The molecule has 1 aromatic carbocycles. The summed E-state index contributed by atoms with van der Waals surface area (Å²) in [4.78, 5) is 1.65. The van der Waals surface area contributed by atoms with E-state index in [1.54, 1.807) is 25.1 Å². The Bertz CT molecular complexity index is 332. The molecule has 0 saturated heterocycles. The van der Waals surface area contributed by atoms with Gasteiger partial charge in [0.2, 0.25) is 0 Å². The van der Waals surface area contributed by atoms with Gasteiger partial charge >= 0.3 is 0 Å². The van der Waals surface area contributed by atoms with Crippen molar-refractivity contribution in [3.05, 3.63) is 35.1 Å². The number of halogens is 1. The molecule has 0 amide bonds. The first-order valence-corrected chi connectivity index (χ1v) is 4.05. The summed E-state index contributed by atoms with van der Waals surface area (Å²) in [7, 11) is 3.54. The fourth-order valence-corrected chi connectivity index (χ4v) is 1.09. The summed E-state index contributed by atoms with van der Waals surface area (Å²) in [6.07, 6.45) is 0. The molecular weight excluding hydrogens is 167 g/mol. The van der Waals surface area contributed by atoms with Crippen LogP contribution in [0.4, 0.5) is 4.39 Å². The molecule has 1 N–H and O–H groups in total. The lowest BCUT2D eigenvalue weighted by Gasteiger charge is -2.15. The van der Waals surface area contributed by atoms with Gasteiger partial charge in [-0.1, -0.05) is 6.07 Å². The summed E-state index contributed by atoms with van der Waals surface area (Å²) in [6.45, 7) is 1.87. The van der Waals surface area contributed by atoms with Gasteiger partial charge in [0.15, 0.2) is 0 Å². The summed E-state index contributed by atoms with van der Waals surface area (Å²) in [5, 5.41) is 7.68. The van der Waals surface area contributed by atoms with E-state index in [1.807, 2.05) is 6.92 Å². The second-order valence-corrected chi connectivity index (χ2v) is 3.20. The third-order valence-corrected chi connectivity index (χ3v) is 1.90. The Kier molecular flexibility index (Phi) is 2.66. The Morgan fingerprint density at radius 2 is 2.00 bits per heavy atom. The molecule has 0 aromatic heterocycles. The van der Waals surface area contributed by atoms with E-state index in [9.17, 15) is 4.39 Å². The lowest BCUT2D eigenvalue weighted by molar-refractivity contribution is 0.611. The Labute approximate surface area is 77.5 Å². The number of nitrogens with one attached hydrogen (secondary N) is 1. The smallest absolute Gasteiger partial charge is 0.127 e. The molecule has 1 rings (SSSR count). The predicted octanol–water partition coefficient (Wildman–Crippen LogP) is 2.02. The lowest BCUT2D eigenvalue weighted by atomic mass is 10.1. The highest BCUT2D eigenvalue weighted by atomic mass is 19.1. The van der Waals surface area contributed by atoms with Crippen LogP contribution in [-0.2, 0) is 0 Å². The first-order valence-electron chi connectivity index (χ1n) is 4.05. The average Bonchev–Trinajstić information content (AvgIpc) is 2.08. The molecule has 0 atom stereocenters. The number of benzene rings is 1. The van der Waals surface area contributed by atoms with Crippen LogP contribution in [0.3, 0.4) is 0 Å². The zero-order chi connectivity index (χ0) is 10.0. The van der Waals surface area contributed by atoms with Gasteiger partial charge in [0, 0.05) is 19.7 Å². The zero-order valence-corrected chi connectivity index (χ0v) is 8.06. The number of hydrogen-bond acceptors (Lipinski definition) is 1. The van der Waals surface area contributed by atoms with Gasteiger partial charge in [-0.05, 0) is 24.6 Å². The van der Waals surface area contributed by atoms with Crippen LogP contribution in [0.1, 0.15) is 11.1 Å². The second kappa shape index (κ2) is 3.56. The summed E-state index contributed by atoms with van der Waals surface area (Å²) in [5.41, 5.74) is 1.56. The Balaban J connectivity index is 3.13. The Morgan fingerprint density at radius 1 is 1.38 bits per heavy atom. The molecule has 2 nitrogen and oxygen atoms in total. The van der Waals surface area contributed by atoms with Gasteiger partial charge in [0.05, 0.1) is 0 Å². The van der Waals surface area contributed by atoms with Gasteiger partial charge in [-0.3, -0.25) is 5.41 Å². The van der Waals surface area contributed by atoms with Crippen LogP contribution in [0.5, 0.6) is 0 Å². The van der Waals surface area contributed by atoms with Crippen molar-refractivity contribution in [2.24, 2.45) is 0 Å². The molecule has 0 spiro atoms. The minimum absolute atomic E-state index is 0.299. The van der Waals surface area contributed by atoms with E-state index in [0.717, 1.165) is 5.56 Å². The van der Waals surface area contributed by atoms with E-state index < -0.39 is 0 Å². The van der Waals surface area contributed by atoms with Gasteiger partial charge < -0.3 is 4.90 Å². The van der Waals surface area contributed by atoms with E-state index >= 15 is 0 Å². The van der Waals surface area contributed by atoms with Crippen molar-refractivity contribution in [3.8, 4) is 0 Å². The van der Waals surface area contributed by atoms with Gasteiger partial charge in [0.1, 0.15) is 11.7 Å². The topological polar surface area (TPSA) is 27.1 Å². The van der Waals surface area contributed by atoms with Crippen molar-refractivity contribution in [1.82, 2.24) is 4.90 Å². The highest BCUT2D eigenvalue weighted by molar-refractivity contribution is 5.97. The fourth-order valence-electron chi connectivity index (χ4n) is 1.09.